The first-order valence-electron chi connectivity index (χ1n) is 5.22. The zero-order chi connectivity index (χ0) is 11.3. The van der Waals surface area contributed by atoms with Crippen molar-refractivity contribution in [1.29, 1.82) is 0 Å². The number of hydrogen-bond donors (Lipinski definition) is 1. The van der Waals surface area contributed by atoms with Crippen molar-refractivity contribution >= 4 is 0 Å². The topological polar surface area (TPSA) is 73.3 Å². The molecule has 86 valence electrons. The number of hydrogen-bond acceptors (Lipinski definition) is 4. The molecular formula is C10H12N2O4. The van der Waals surface area contributed by atoms with Crippen LogP contribution < -0.4 is 11.2 Å². The number of aromatic nitrogens is 2. The van der Waals surface area contributed by atoms with E-state index >= 15 is 0 Å². The molecule has 0 spiro atoms. The molecule has 1 aromatic rings. The Morgan fingerprint density at radius 3 is 2.75 bits per heavy atom. The van der Waals surface area contributed by atoms with Gasteiger partial charge >= 0.3 is 5.69 Å². The van der Waals surface area contributed by atoms with Gasteiger partial charge in [0.05, 0.1) is 13.2 Å². The highest BCUT2D eigenvalue weighted by molar-refractivity contribution is 5.03. The first-order chi connectivity index (χ1) is 7.66. The minimum atomic E-state index is -0.447. The lowest BCUT2D eigenvalue weighted by molar-refractivity contribution is -0.124. The van der Waals surface area contributed by atoms with Gasteiger partial charge in [-0.3, -0.25) is 14.3 Å². The zero-order valence-corrected chi connectivity index (χ0v) is 8.80. The first-order valence-corrected chi connectivity index (χ1v) is 5.22. The molecule has 2 aliphatic rings. The molecule has 3 rings (SSSR count). The van der Waals surface area contributed by atoms with E-state index in [2.05, 4.69) is 4.98 Å². The van der Waals surface area contributed by atoms with Crippen LogP contribution >= 0.6 is 0 Å². The van der Waals surface area contributed by atoms with Crippen molar-refractivity contribution in [2.45, 2.75) is 19.3 Å². The Morgan fingerprint density at radius 2 is 2.12 bits per heavy atom. The Hall–Kier alpha value is -1.40. The van der Waals surface area contributed by atoms with E-state index in [0.717, 1.165) is 0 Å². The lowest BCUT2D eigenvalue weighted by Crippen LogP contribution is -2.44. The fourth-order valence-corrected chi connectivity index (χ4v) is 2.13. The molecule has 1 aromatic heterocycles. The molecule has 0 amide bonds. The summed E-state index contributed by atoms with van der Waals surface area (Å²) in [5.74, 6) is 0.379. The van der Waals surface area contributed by atoms with Gasteiger partial charge < -0.3 is 9.47 Å². The van der Waals surface area contributed by atoms with Crippen molar-refractivity contribution in [1.82, 2.24) is 9.55 Å². The van der Waals surface area contributed by atoms with E-state index in [4.69, 9.17) is 9.47 Å². The Morgan fingerprint density at radius 1 is 1.38 bits per heavy atom. The van der Waals surface area contributed by atoms with Crippen molar-refractivity contribution in [2.75, 3.05) is 13.2 Å². The number of aryl methyl sites for hydroxylation is 1. The van der Waals surface area contributed by atoms with Crippen LogP contribution in [0.1, 0.15) is 11.8 Å². The number of fused-ring (bicyclic) bond motifs is 1. The van der Waals surface area contributed by atoms with Gasteiger partial charge in [0, 0.05) is 17.7 Å². The highest BCUT2D eigenvalue weighted by Gasteiger charge is 2.46. The normalized spacial score (nSPS) is 32.2. The number of H-pyrrole nitrogens is 1. The number of nitrogens with zero attached hydrogens (tertiary/aromatic N) is 1. The van der Waals surface area contributed by atoms with Crippen LogP contribution in [0.3, 0.4) is 0 Å². The molecule has 1 N–H and O–H groups in total. The van der Waals surface area contributed by atoms with E-state index < -0.39 is 11.9 Å². The molecular weight excluding hydrogens is 212 g/mol. The van der Waals surface area contributed by atoms with Crippen LogP contribution in [0.25, 0.3) is 0 Å². The Labute approximate surface area is 90.8 Å². The third-order valence-corrected chi connectivity index (χ3v) is 3.15. The summed E-state index contributed by atoms with van der Waals surface area (Å²) in [6.45, 7) is 2.96. The van der Waals surface area contributed by atoms with Crippen LogP contribution in [0.4, 0.5) is 0 Å². The minimum Gasteiger partial charge on any atom is -0.373 e. The third kappa shape index (κ3) is 1.27. The molecule has 6 nitrogen and oxygen atoms in total. The molecule has 2 aliphatic heterocycles. The van der Waals surface area contributed by atoms with Crippen molar-refractivity contribution in [2.24, 2.45) is 5.92 Å². The molecule has 3 heterocycles. The molecule has 3 atom stereocenters. The maximum Gasteiger partial charge on any atom is 0.330 e. The van der Waals surface area contributed by atoms with Crippen LogP contribution in [0.2, 0.25) is 0 Å². The van der Waals surface area contributed by atoms with Crippen LogP contribution in [0.5, 0.6) is 0 Å². The number of nitrogens with one attached hydrogen (secondary N) is 1. The van der Waals surface area contributed by atoms with Gasteiger partial charge in [-0.25, -0.2) is 4.79 Å². The van der Waals surface area contributed by atoms with Gasteiger partial charge in [0.2, 0.25) is 0 Å². The average molecular weight is 224 g/mol. The molecule has 0 aliphatic carbocycles. The second kappa shape index (κ2) is 3.29. The summed E-state index contributed by atoms with van der Waals surface area (Å²) in [6, 6.07) is 0. The molecule has 3 unspecified atom stereocenters. The molecule has 2 fully saturated rings. The SMILES string of the molecule is Cc1cn(C2OCC3COC32)c(=O)[nH]c1=O. The summed E-state index contributed by atoms with van der Waals surface area (Å²) < 4.78 is 12.3. The monoisotopic (exact) mass is 224 g/mol. The predicted octanol–water partition coefficient (Wildman–Crippen LogP) is -0.611. The summed E-state index contributed by atoms with van der Waals surface area (Å²) in [7, 11) is 0. The number of aromatic amines is 1. The van der Waals surface area contributed by atoms with Crippen molar-refractivity contribution < 1.29 is 9.47 Å². The minimum absolute atomic E-state index is 0.0528. The highest BCUT2D eigenvalue weighted by atomic mass is 16.6. The average Bonchev–Trinajstić information content (AvgIpc) is 2.47. The quantitative estimate of drug-likeness (QED) is 0.690. The van der Waals surface area contributed by atoms with E-state index in [1.807, 2.05) is 0 Å². The molecule has 6 heteroatoms. The van der Waals surface area contributed by atoms with Gasteiger partial charge in [-0.2, -0.15) is 0 Å². The van der Waals surface area contributed by atoms with Crippen molar-refractivity contribution in [3.05, 3.63) is 32.6 Å². The van der Waals surface area contributed by atoms with E-state index in [0.29, 0.717) is 24.7 Å². The number of rotatable bonds is 1. The van der Waals surface area contributed by atoms with Crippen molar-refractivity contribution in [3.8, 4) is 0 Å². The molecule has 0 saturated carbocycles. The largest absolute Gasteiger partial charge is 0.373 e. The lowest BCUT2D eigenvalue weighted by Gasteiger charge is -2.32. The van der Waals surface area contributed by atoms with Crippen molar-refractivity contribution in [3.63, 3.8) is 0 Å². The fourth-order valence-electron chi connectivity index (χ4n) is 2.13. The summed E-state index contributed by atoms with van der Waals surface area (Å²) in [5.41, 5.74) is -0.312. The van der Waals surface area contributed by atoms with E-state index in [-0.39, 0.29) is 11.7 Å². The molecule has 0 radical (unpaired) electrons. The molecule has 2 saturated heterocycles. The predicted molar refractivity (Wildman–Crippen MR) is 54.3 cm³/mol. The van der Waals surface area contributed by atoms with Crippen LogP contribution in [-0.4, -0.2) is 28.9 Å². The Bertz CT molecular complexity index is 532. The standard InChI is InChI=1S/C10H12N2O4/c1-5-2-12(10(14)11-8(5)13)9-7-6(3-15-7)4-16-9/h2,6-7,9H,3-4H2,1H3,(H,11,13,14). The fraction of sp³-hybridized carbons (Fsp3) is 0.600. The lowest BCUT2D eigenvalue weighted by atomic mass is 10.0. The first kappa shape index (κ1) is 9.80. The maximum absolute atomic E-state index is 11.6. The highest BCUT2D eigenvalue weighted by Crippen LogP contribution is 2.37. The summed E-state index contributed by atoms with van der Waals surface area (Å²) in [6.07, 6.45) is 1.07. The van der Waals surface area contributed by atoms with Gasteiger partial charge in [0.15, 0.2) is 6.23 Å². The third-order valence-electron chi connectivity index (χ3n) is 3.15. The molecule has 0 aromatic carbocycles. The molecule has 16 heavy (non-hydrogen) atoms. The Kier molecular flexibility index (Phi) is 2.02. The second-order valence-corrected chi connectivity index (χ2v) is 4.26. The van der Waals surface area contributed by atoms with Gasteiger partial charge in [0.25, 0.3) is 5.56 Å². The zero-order valence-electron chi connectivity index (χ0n) is 8.80. The van der Waals surface area contributed by atoms with Crippen LogP contribution in [0, 0.1) is 12.8 Å². The summed E-state index contributed by atoms with van der Waals surface area (Å²) in [4.78, 5) is 25.1. The van der Waals surface area contributed by atoms with E-state index in [9.17, 15) is 9.59 Å². The molecule has 0 bridgehead atoms. The number of ether oxygens (including phenoxy) is 2. The maximum atomic E-state index is 11.6. The summed E-state index contributed by atoms with van der Waals surface area (Å²) in [5, 5.41) is 0. The Balaban J connectivity index is 2.03. The summed E-state index contributed by atoms with van der Waals surface area (Å²) >= 11 is 0. The van der Waals surface area contributed by atoms with Gasteiger partial charge in [0.1, 0.15) is 6.10 Å². The smallest absolute Gasteiger partial charge is 0.330 e. The van der Waals surface area contributed by atoms with Gasteiger partial charge in [-0.05, 0) is 6.92 Å². The van der Waals surface area contributed by atoms with E-state index in [1.165, 1.54) is 10.8 Å². The van der Waals surface area contributed by atoms with E-state index in [1.54, 1.807) is 6.92 Å². The van der Waals surface area contributed by atoms with Crippen LogP contribution in [0.15, 0.2) is 15.8 Å². The van der Waals surface area contributed by atoms with Gasteiger partial charge in [-0.1, -0.05) is 0 Å². The van der Waals surface area contributed by atoms with Crippen LogP contribution in [-0.2, 0) is 9.47 Å². The second-order valence-electron chi connectivity index (χ2n) is 4.26. The van der Waals surface area contributed by atoms with Gasteiger partial charge in [-0.15, -0.1) is 0 Å².